The number of hydrogen-bond donors (Lipinski definition) is 0. The van der Waals surface area contributed by atoms with Gasteiger partial charge in [-0.2, -0.15) is 0 Å². The van der Waals surface area contributed by atoms with Crippen molar-refractivity contribution in [3.63, 3.8) is 0 Å². The predicted molar refractivity (Wildman–Crippen MR) is 89.5 cm³/mol. The van der Waals surface area contributed by atoms with E-state index in [-0.39, 0.29) is 16.7 Å². The standard InChI is InChI=1S/C17H19N3O3S/c1-24(22,23)15-8-4-10-19-16(15)13-6-5-11-20(12-13)17(21)14-7-2-3-9-18-14/h2-4,7-10,13H,5-6,11-12H2,1H3/t13-/m1/s1. The quantitative estimate of drug-likeness (QED) is 0.849. The average Bonchev–Trinajstić information content (AvgIpc) is 2.61. The summed E-state index contributed by atoms with van der Waals surface area (Å²) in [7, 11) is -3.35. The van der Waals surface area contributed by atoms with Gasteiger partial charge in [-0.15, -0.1) is 0 Å². The minimum Gasteiger partial charge on any atom is -0.337 e. The van der Waals surface area contributed by atoms with E-state index in [1.807, 2.05) is 0 Å². The Kier molecular flexibility index (Phi) is 4.62. The number of piperidine rings is 1. The molecule has 0 saturated carbocycles. The lowest BCUT2D eigenvalue weighted by Crippen LogP contribution is -2.40. The van der Waals surface area contributed by atoms with Crippen molar-refractivity contribution in [1.82, 2.24) is 14.9 Å². The molecule has 0 aliphatic carbocycles. The third-order valence-corrected chi connectivity index (χ3v) is 5.32. The molecule has 7 heteroatoms. The van der Waals surface area contributed by atoms with Gasteiger partial charge in [-0.3, -0.25) is 14.8 Å². The third-order valence-electron chi connectivity index (χ3n) is 4.18. The Morgan fingerprint density at radius 3 is 2.67 bits per heavy atom. The second-order valence-electron chi connectivity index (χ2n) is 5.96. The first-order chi connectivity index (χ1) is 11.5. The van der Waals surface area contributed by atoms with Crippen molar-refractivity contribution in [2.24, 2.45) is 0 Å². The highest BCUT2D eigenvalue weighted by Crippen LogP contribution is 2.30. The van der Waals surface area contributed by atoms with Crippen molar-refractivity contribution >= 4 is 15.7 Å². The highest BCUT2D eigenvalue weighted by Gasteiger charge is 2.29. The fourth-order valence-corrected chi connectivity index (χ4v) is 3.98. The number of hydrogen-bond acceptors (Lipinski definition) is 5. The van der Waals surface area contributed by atoms with Crippen molar-refractivity contribution in [2.45, 2.75) is 23.7 Å². The maximum absolute atomic E-state index is 12.6. The topological polar surface area (TPSA) is 80.2 Å². The minimum atomic E-state index is -3.35. The Labute approximate surface area is 141 Å². The maximum atomic E-state index is 12.6. The van der Waals surface area contributed by atoms with Crippen LogP contribution in [0.4, 0.5) is 0 Å². The number of nitrogens with zero attached hydrogens (tertiary/aromatic N) is 3. The van der Waals surface area contributed by atoms with Crippen LogP contribution in [0.5, 0.6) is 0 Å². The Balaban J connectivity index is 1.86. The van der Waals surface area contributed by atoms with Crippen molar-refractivity contribution in [3.8, 4) is 0 Å². The number of amides is 1. The monoisotopic (exact) mass is 345 g/mol. The molecule has 0 N–H and O–H groups in total. The molecule has 6 nitrogen and oxygen atoms in total. The summed E-state index contributed by atoms with van der Waals surface area (Å²) in [4.78, 5) is 23.0. The summed E-state index contributed by atoms with van der Waals surface area (Å²) in [6, 6.07) is 8.44. The van der Waals surface area contributed by atoms with Gasteiger partial charge < -0.3 is 4.90 Å². The lowest BCUT2D eigenvalue weighted by atomic mass is 9.94. The van der Waals surface area contributed by atoms with Crippen LogP contribution in [0.3, 0.4) is 0 Å². The second kappa shape index (κ2) is 6.68. The van der Waals surface area contributed by atoms with Gasteiger partial charge in [0, 0.05) is 37.7 Å². The van der Waals surface area contributed by atoms with Crippen LogP contribution < -0.4 is 0 Å². The van der Waals surface area contributed by atoms with E-state index in [0.29, 0.717) is 24.5 Å². The van der Waals surface area contributed by atoms with E-state index in [2.05, 4.69) is 9.97 Å². The van der Waals surface area contributed by atoms with Crippen molar-refractivity contribution < 1.29 is 13.2 Å². The van der Waals surface area contributed by atoms with Crippen molar-refractivity contribution in [1.29, 1.82) is 0 Å². The normalized spacial score (nSPS) is 18.4. The summed E-state index contributed by atoms with van der Waals surface area (Å²) in [6.45, 7) is 1.10. The number of pyridine rings is 2. The van der Waals surface area contributed by atoms with Gasteiger partial charge in [-0.25, -0.2) is 8.42 Å². The molecule has 0 radical (unpaired) electrons. The van der Waals surface area contributed by atoms with Crippen LogP contribution >= 0.6 is 0 Å². The Morgan fingerprint density at radius 2 is 1.96 bits per heavy atom. The molecule has 2 aromatic heterocycles. The van der Waals surface area contributed by atoms with Gasteiger partial charge in [0.05, 0.1) is 10.6 Å². The Morgan fingerprint density at radius 1 is 1.17 bits per heavy atom. The average molecular weight is 345 g/mol. The number of rotatable bonds is 3. The fourth-order valence-electron chi connectivity index (χ4n) is 3.06. The summed E-state index contributed by atoms with van der Waals surface area (Å²) < 4.78 is 24.0. The number of carbonyl (C=O) groups is 1. The second-order valence-corrected chi connectivity index (χ2v) is 7.95. The van der Waals surface area contributed by atoms with Crippen molar-refractivity contribution in [3.05, 3.63) is 54.1 Å². The smallest absolute Gasteiger partial charge is 0.272 e. The maximum Gasteiger partial charge on any atom is 0.272 e. The molecule has 126 valence electrons. The highest BCUT2D eigenvalue weighted by molar-refractivity contribution is 7.90. The van der Waals surface area contributed by atoms with Gasteiger partial charge in [0.1, 0.15) is 5.69 Å². The van der Waals surface area contributed by atoms with Crippen LogP contribution in [-0.2, 0) is 9.84 Å². The molecule has 1 saturated heterocycles. The lowest BCUT2D eigenvalue weighted by molar-refractivity contribution is 0.0699. The zero-order chi connectivity index (χ0) is 17.2. The van der Waals surface area contributed by atoms with Crippen LogP contribution in [0.15, 0.2) is 47.6 Å². The summed E-state index contributed by atoms with van der Waals surface area (Å²) in [5.74, 6) is -0.213. The molecule has 1 aliphatic heterocycles. The van der Waals surface area contributed by atoms with E-state index >= 15 is 0 Å². The largest absolute Gasteiger partial charge is 0.337 e. The lowest BCUT2D eigenvalue weighted by Gasteiger charge is -2.32. The van der Waals surface area contributed by atoms with Gasteiger partial charge in [0.25, 0.3) is 5.91 Å². The molecule has 0 unspecified atom stereocenters. The van der Waals surface area contributed by atoms with E-state index in [1.54, 1.807) is 47.6 Å². The van der Waals surface area contributed by atoms with Gasteiger partial charge in [-0.1, -0.05) is 6.07 Å². The first-order valence-corrected chi connectivity index (χ1v) is 9.71. The highest BCUT2D eigenvalue weighted by atomic mass is 32.2. The van der Waals surface area contributed by atoms with Crippen LogP contribution in [0.25, 0.3) is 0 Å². The van der Waals surface area contributed by atoms with Crippen LogP contribution in [0.1, 0.15) is 34.9 Å². The molecule has 0 bridgehead atoms. The van der Waals surface area contributed by atoms with E-state index in [4.69, 9.17) is 0 Å². The zero-order valence-corrected chi connectivity index (χ0v) is 14.2. The number of carbonyl (C=O) groups excluding carboxylic acids is 1. The molecule has 0 aromatic carbocycles. The van der Waals surface area contributed by atoms with Gasteiger partial charge in [0.15, 0.2) is 9.84 Å². The summed E-state index contributed by atoms with van der Waals surface area (Å²) in [5.41, 5.74) is 0.959. The van der Waals surface area contributed by atoms with Gasteiger partial charge in [-0.05, 0) is 37.1 Å². The number of likely N-dealkylation sites (tertiary alicyclic amines) is 1. The molecule has 3 rings (SSSR count). The molecule has 3 heterocycles. The molecule has 1 atom stereocenters. The molecule has 1 amide bonds. The first kappa shape index (κ1) is 16.6. The minimum absolute atomic E-state index is 0.0858. The predicted octanol–water partition coefficient (Wildman–Crippen LogP) is 1.90. The molecule has 0 spiro atoms. The SMILES string of the molecule is CS(=O)(=O)c1cccnc1[C@@H]1CCCN(C(=O)c2ccccn2)C1. The molecule has 2 aromatic rings. The van der Waals surface area contributed by atoms with E-state index < -0.39 is 9.84 Å². The van der Waals surface area contributed by atoms with Gasteiger partial charge in [0.2, 0.25) is 0 Å². The third kappa shape index (κ3) is 3.46. The van der Waals surface area contributed by atoms with E-state index in [1.165, 1.54) is 6.26 Å². The van der Waals surface area contributed by atoms with Crippen molar-refractivity contribution in [2.75, 3.05) is 19.3 Å². The molecular formula is C17H19N3O3S. The molecule has 1 fully saturated rings. The van der Waals surface area contributed by atoms with E-state index in [0.717, 1.165) is 12.8 Å². The molecule has 1 aliphatic rings. The molecule has 24 heavy (non-hydrogen) atoms. The van der Waals surface area contributed by atoms with E-state index in [9.17, 15) is 13.2 Å². The van der Waals surface area contributed by atoms with Crippen LogP contribution in [0.2, 0.25) is 0 Å². The van der Waals surface area contributed by atoms with Crippen LogP contribution in [0, 0.1) is 0 Å². The summed E-state index contributed by atoms with van der Waals surface area (Å²) >= 11 is 0. The van der Waals surface area contributed by atoms with Crippen LogP contribution in [-0.4, -0.2) is 48.5 Å². The zero-order valence-electron chi connectivity index (χ0n) is 13.4. The summed E-state index contributed by atoms with van der Waals surface area (Å²) in [5, 5.41) is 0. The fraction of sp³-hybridized carbons (Fsp3) is 0.353. The Hall–Kier alpha value is -2.28. The number of sulfone groups is 1. The summed E-state index contributed by atoms with van der Waals surface area (Å²) in [6.07, 6.45) is 6.00. The number of aromatic nitrogens is 2. The Bertz CT molecular complexity index is 837. The molecular weight excluding hydrogens is 326 g/mol. The first-order valence-electron chi connectivity index (χ1n) is 7.82. The van der Waals surface area contributed by atoms with Gasteiger partial charge >= 0.3 is 0 Å².